The van der Waals surface area contributed by atoms with Gasteiger partial charge in [-0.05, 0) is 17.7 Å². The third-order valence-electron chi connectivity index (χ3n) is 3.05. The largest absolute Gasteiger partial charge is 0.480 e. The lowest BCUT2D eigenvalue weighted by Gasteiger charge is -2.45. The van der Waals surface area contributed by atoms with Crippen LogP contribution in [-0.2, 0) is 9.59 Å². The van der Waals surface area contributed by atoms with Crippen molar-refractivity contribution in [1.29, 1.82) is 0 Å². The number of rotatable bonds is 3. The van der Waals surface area contributed by atoms with Crippen molar-refractivity contribution >= 4 is 22.5 Å². The van der Waals surface area contributed by atoms with E-state index in [0.717, 1.165) is 17.0 Å². The molecule has 1 aromatic carbocycles. The Bertz CT molecular complexity index is 575. The second-order valence-corrected chi connectivity index (χ2v) is 6.97. The fourth-order valence-electron chi connectivity index (χ4n) is 2.24. The minimum atomic E-state index is -3.25. The number of aliphatic carboxylic acids is 1. The molecule has 1 aliphatic heterocycles. The highest BCUT2D eigenvalue weighted by atomic mass is 32.3. The third-order valence-corrected chi connectivity index (χ3v) is 4.61. The smallest absolute Gasteiger partial charge is 0.323 e. The highest BCUT2D eigenvalue weighted by Crippen LogP contribution is 2.48. The van der Waals surface area contributed by atoms with Crippen LogP contribution < -0.4 is 0 Å². The first-order chi connectivity index (χ1) is 9.68. The minimum absolute atomic E-state index is 0.0122. The van der Waals surface area contributed by atoms with Gasteiger partial charge in [-0.15, -0.1) is 0 Å². The summed E-state index contributed by atoms with van der Waals surface area (Å²) in [5.41, 5.74) is -0.0122. The van der Waals surface area contributed by atoms with Gasteiger partial charge in [-0.1, -0.05) is 0 Å². The molecular formula is C12H13F2NO5S. The molecule has 0 spiro atoms. The Morgan fingerprint density at radius 2 is 1.86 bits per heavy atom. The summed E-state index contributed by atoms with van der Waals surface area (Å²) in [4.78, 5) is 23.6. The number of carbonyl (C=O) groups is 2. The van der Waals surface area contributed by atoms with E-state index in [1.165, 1.54) is 0 Å². The minimum Gasteiger partial charge on any atom is -0.480 e. The highest BCUT2D eigenvalue weighted by Gasteiger charge is 2.38. The van der Waals surface area contributed by atoms with Gasteiger partial charge in [0.15, 0.2) is 0 Å². The molecule has 0 bridgehead atoms. The average molecular weight is 321 g/mol. The molecule has 0 saturated carbocycles. The SMILES string of the molecule is O=C(O)CN1C(=O)CS(O)(O)C[C@H]1c1cc(F)cc(F)c1. The topological polar surface area (TPSA) is 98.1 Å². The summed E-state index contributed by atoms with van der Waals surface area (Å²) in [5, 5.41) is 8.83. The molecule has 116 valence electrons. The molecule has 1 heterocycles. The van der Waals surface area contributed by atoms with Gasteiger partial charge in [0.2, 0.25) is 5.91 Å². The molecule has 1 aliphatic rings. The summed E-state index contributed by atoms with van der Waals surface area (Å²) in [7, 11) is -3.25. The second kappa shape index (κ2) is 5.58. The van der Waals surface area contributed by atoms with Crippen molar-refractivity contribution in [3.63, 3.8) is 0 Å². The fraction of sp³-hybridized carbons (Fsp3) is 0.333. The van der Waals surface area contributed by atoms with Crippen LogP contribution in [0.5, 0.6) is 0 Å². The molecule has 0 radical (unpaired) electrons. The van der Waals surface area contributed by atoms with E-state index < -0.39 is 52.4 Å². The van der Waals surface area contributed by atoms with Gasteiger partial charge in [0, 0.05) is 6.07 Å². The quantitative estimate of drug-likeness (QED) is 0.787. The van der Waals surface area contributed by atoms with E-state index in [1.807, 2.05) is 0 Å². The lowest BCUT2D eigenvalue weighted by Crippen LogP contribution is -2.47. The number of hydrogen-bond acceptors (Lipinski definition) is 4. The van der Waals surface area contributed by atoms with Crippen molar-refractivity contribution in [1.82, 2.24) is 4.90 Å². The molecule has 0 aliphatic carbocycles. The first kappa shape index (κ1) is 15.7. The van der Waals surface area contributed by atoms with Crippen molar-refractivity contribution in [3.05, 3.63) is 35.4 Å². The van der Waals surface area contributed by atoms with E-state index in [2.05, 4.69) is 0 Å². The lowest BCUT2D eigenvalue weighted by atomic mass is 10.1. The zero-order chi connectivity index (χ0) is 15.8. The Hall–Kier alpha value is -1.71. The summed E-state index contributed by atoms with van der Waals surface area (Å²) >= 11 is 0. The lowest BCUT2D eigenvalue weighted by molar-refractivity contribution is -0.145. The van der Waals surface area contributed by atoms with E-state index in [0.29, 0.717) is 6.07 Å². The number of carboxylic acids is 1. The molecule has 1 atom stereocenters. The molecule has 0 aromatic heterocycles. The van der Waals surface area contributed by atoms with Crippen LogP contribution in [0.3, 0.4) is 0 Å². The first-order valence-corrected chi connectivity index (χ1v) is 7.77. The maximum Gasteiger partial charge on any atom is 0.323 e. The number of benzene rings is 1. The van der Waals surface area contributed by atoms with E-state index in [4.69, 9.17) is 5.11 Å². The van der Waals surface area contributed by atoms with Crippen LogP contribution in [0.25, 0.3) is 0 Å². The van der Waals surface area contributed by atoms with Gasteiger partial charge in [-0.2, -0.15) is 10.6 Å². The van der Waals surface area contributed by atoms with Crippen molar-refractivity contribution in [2.75, 3.05) is 18.1 Å². The molecule has 1 fully saturated rings. The van der Waals surface area contributed by atoms with Gasteiger partial charge in [-0.25, -0.2) is 8.78 Å². The molecule has 9 heteroatoms. The van der Waals surface area contributed by atoms with Crippen molar-refractivity contribution in [3.8, 4) is 0 Å². The summed E-state index contributed by atoms with van der Waals surface area (Å²) in [6, 6.07) is 1.42. The number of carbonyl (C=O) groups excluding carboxylic acids is 1. The Kier molecular flexibility index (Phi) is 4.17. The Morgan fingerprint density at radius 1 is 1.29 bits per heavy atom. The number of hydrogen-bond donors (Lipinski definition) is 3. The van der Waals surface area contributed by atoms with Gasteiger partial charge in [0.25, 0.3) is 0 Å². The van der Waals surface area contributed by atoms with Gasteiger partial charge >= 0.3 is 5.97 Å². The van der Waals surface area contributed by atoms with Gasteiger partial charge in [0.05, 0.1) is 11.8 Å². The molecule has 3 N–H and O–H groups in total. The van der Waals surface area contributed by atoms with E-state index in [-0.39, 0.29) is 11.3 Å². The predicted molar refractivity (Wildman–Crippen MR) is 71.0 cm³/mol. The third kappa shape index (κ3) is 3.69. The molecule has 0 unspecified atom stereocenters. The Labute approximate surface area is 120 Å². The van der Waals surface area contributed by atoms with Crippen LogP contribution >= 0.6 is 10.6 Å². The summed E-state index contributed by atoms with van der Waals surface area (Å²) < 4.78 is 46.0. The predicted octanol–water partition coefficient (Wildman–Crippen LogP) is 1.68. The highest BCUT2D eigenvalue weighted by molar-refractivity contribution is 8.24. The molecule has 1 aromatic rings. The number of halogens is 2. The van der Waals surface area contributed by atoms with Crippen molar-refractivity contribution < 1.29 is 32.6 Å². The monoisotopic (exact) mass is 321 g/mol. The standard InChI is InChI=1S/C12H13F2NO5S/c13-8-1-7(2-9(14)3-8)10-5-21(19,20)6-11(16)15(10)4-12(17)18/h1-3,10,19-20H,4-6H2,(H,17,18)/t10-/m0/s1. The van der Waals surface area contributed by atoms with Gasteiger partial charge in [-0.3, -0.25) is 18.7 Å². The van der Waals surface area contributed by atoms with E-state index in [9.17, 15) is 27.5 Å². The summed E-state index contributed by atoms with van der Waals surface area (Å²) in [6.45, 7) is -0.683. The molecule has 2 rings (SSSR count). The fourth-order valence-corrected chi connectivity index (χ4v) is 3.80. The van der Waals surface area contributed by atoms with Gasteiger partial charge < -0.3 is 10.0 Å². The number of nitrogens with zero attached hydrogens (tertiary/aromatic N) is 1. The van der Waals surface area contributed by atoms with Gasteiger partial charge in [0.1, 0.15) is 23.9 Å². The normalized spacial score (nSPS) is 23.0. The molecule has 6 nitrogen and oxygen atoms in total. The average Bonchev–Trinajstić information content (AvgIpc) is 2.30. The van der Waals surface area contributed by atoms with Crippen LogP contribution in [0.4, 0.5) is 8.78 Å². The maximum atomic E-state index is 13.3. The van der Waals surface area contributed by atoms with E-state index in [1.54, 1.807) is 0 Å². The Balaban J connectivity index is 2.42. The zero-order valence-electron chi connectivity index (χ0n) is 10.7. The molecule has 1 amide bonds. The van der Waals surface area contributed by atoms with Crippen LogP contribution in [0, 0.1) is 11.6 Å². The number of amides is 1. The first-order valence-electron chi connectivity index (χ1n) is 5.89. The number of carboxylic acid groups (broad SMARTS) is 1. The van der Waals surface area contributed by atoms with Crippen molar-refractivity contribution in [2.45, 2.75) is 6.04 Å². The zero-order valence-corrected chi connectivity index (χ0v) is 11.5. The summed E-state index contributed by atoms with van der Waals surface area (Å²) in [5.74, 6) is -4.81. The summed E-state index contributed by atoms with van der Waals surface area (Å²) in [6.07, 6.45) is 0. The maximum absolute atomic E-state index is 13.3. The second-order valence-electron chi connectivity index (χ2n) is 4.75. The van der Waals surface area contributed by atoms with E-state index >= 15 is 0 Å². The molecule has 1 saturated heterocycles. The molecular weight excluding hydrogens is 308 g/mol. The molecule has 21 heavy (non-hydrogen) atoms. The van der Waals surface area contributed by atoms with Crippen LogP contribution in [-0.4, -0.2) is 49.0 Å². The van der Waals surface area contributed by atoms with Crippen LogP contribution in [0.1, 0.15) is 11.6 Å². The van der Waals surface area contributed by atoms with Crippen LogP contribution in [0.2, 0.25) is 0 Å². The Morgan fingerprint density at radius 3 is 2.38 bits per heavy atom. The van der Waals surface area contributed by atoms with Crippen LogP contribution in [0.15, 0.2) is 18.2 Å². The van der Waals surface area contributed by atoms with Crippen molar-refractivity contribution in [2.24, 2.45) is 0 Å².